The summed E-state index contributed by atoms with van der Waals surface area (Å²) in [6, 6.07) is 3.52. The summed E-state index contributed by atoms with van der Waals surface area (Å²) in [7, 11) is 0. The van der Waals surface area contributed by atoms with Crippen molar-refractivity contribution in [2.45, 2.75) is 123 Å². The van der Waals surface area contributed by atoms with Gasteiger partial charge in [0.1, 0.15) is 0 Å². The molecule has 0 radical (unpaired) electrons. The van der Waals surface area contributed by atoms with Crippen LogP contribution in [0.2, 0.25) is 0 Å². The van der Waals surface area contributed by atoms with E-state index < -0.39 is 6.10 Å². The molecule has 33 heavy (non-hydrogen) atoms. The van der Waals surface area contributed by atoms with Crippen LogP contribution in [0.1, 0.15) is 127 Å². The van der Waals surface area contributed by atoms with E-state index >= 15 is 0 Å². The number of hydrogen-bond acceptors (Lipinski definition) is 2. The quantitative estimate of drug-likeness (QED) is 0.315. The summed E-state index contributed by atoms with van der Waals surface area (Å²) in [6.45, 7) is 6.35. The number of hydrogen-bond donors (Lipinski definition) is 1. The van der Waals surface area contributed by atoms with Crippen molar-refractivity contribution in [3.8, 4) is 5.75 Å². The minimum atomic E-state index is -0.579. The van der Waals surface area contributed by atoms with E-state index in [0.29, 0.717) is 18.1 Å². The number of ether oxygens (including phenoxy) is 1. The molecule has 1 aromatic carbocycles. The zero-order valence-electron chi connectivity index (χ0n) is 21.6. The molecule has 0 heterocycles. The Morgan fingerprint density at radius 2 is 1.48 bits per heavy atom. The second kappa shape index (κ2) is 13.7. The topological polar surface area (TPSA) is 29.5 Å². The van der Waals surface area contributed by atoms with E-state index in [1.807, 2.05) is 13.0 Å². The van der Waals surface area contributed by atoms with Gasteiger partial charge in [0, 0.05) is 0 Å². The van der Waals surface area contributed by atoms with Crippen LogP contribution in [0.25, 0.3) is 0 Å². The highest BCUT2D eigenvalue weighted by Gasteiger charge is 2.31. The smallest absolute Gasteiger partial charge is 0.168 e. The Labute approximate surface area is 202 Å². The molecule has 1 atom stereocenters. The second-order valence-electron chi connectivity index (χ2n) is 11.0. The highest BCUT2D eigenvalue weighted by atomic mass is 19.1. The first kappa shape index (κ1) is 26.5. The summed E-state index contributed by atoms with van der Waals surface area (Å²) in [6.07, 6.45) is 19.6. The van der Waals surface area contributed by atoms with Gasteiger partial charge in [0.05, 0.1) is 12.7 Å². The van der Waals surface area contributed by atoms with Crippen molar-refractivity contribution in [3.05, 3.63) is 29.1 Å². The predicted octanol–water partition coefficient (Wildman–Crippen LogP) is 8.93. The lowest BCUT2D eigenvalue weighted by molar-refractivity contribution is 0.100. The third kappa shape index (κ3) is 7.70. The average molecular weight is 461 g/mol. The van der Waals surface area contributed by atoms with E-state index in [1.54, 1.807) is 13.0 Å². The fourth-order valence-corrected chi connectivity index (χ4v) is 6.63. The van der Waals surface area contributed by atoms with Crippen LogP contribution >= 0.6 is 0 Å². The largest absolute Gasteiger partial charge is 0.491 e. The average Bonchev–Trinajstić information content (AvgIpc) is 2.83. The molecule has 1 N–H and O–H groups in total. The monoisotopic (exact) mass is 460 g/mol. The summed E-state index contributed by atoms with van der Waals surface area (Å²) in [4.78, 5) is 0. The first-order chi connectivity index (χ1) is 16.0. The second-order valence-corrected chi connectivity index (χ2v) is 11.0. The molecule has 188 valence electrons. The molecule has 3 heteroatoms. The van der Waals surface area contributed by atoms with E-state index in [9.17, 15) is 9.50 Å². The maximum Gasteiger partial charge on any atom is 0.168 e. The van der Waals surface area contributed by atoms with E-state index in [2.05, 4.69) is 6.92 Å². The van der Waals surface area contributed by atoms with E-state index in [0.717, 1.165) is 29.7 Å². The summed E-state index contributed by atoms with van der Waals surface area (Å²) in [5.41, 5.74) is 1.26. The molecule has 2 nitrogen and oxygen atoms in total. The molecule has 0 aliphatic heterocycles. The van der Waals surface area contributed by atoms with Gasteiger partial charge in [-0.2, -0.15) is 0 Å². The minimum absolute atomic E-state index is 0.290. The summed E-state index contributed by atoms with van der Waals surface area (Å²) in [5.74, 6) is 3.35. The predicted molar refractivity (Wildman–Crippen MR) is 136 cm³/mol. The lowest BCUT2D eigenvalue weighted by Gasteiger charge is -2.38. The van der Waals surface area contributed by atoms with E-state index in [1.165, 1.54) is 89.9 Å². The molecule has 0 saturated heterocycles. The number of rotatable bonds is 12. The van der Waals surface area contributed by atoms with Gasteiger partial charge in [0.2, 0.25) is 0 Å². The standard InChI is InChI=1S/C30H49FO2/c1-4-6-7-8-9-10-23-11-15-25(16-12-23)26-17-13-24(14-18-26)21-28(32)27-19-20-29(33-5-2)30(31)22(27)3/h19-20,23-26,28,32H,4-18,21H2,1-3H3. The fourth-order valence-electron chi connectivity index (χ4n) is 6.63. The van der Waals surface area contributed by atoms with Gasteiger partial charge in [0.25, 0.3) is 0 Å². The molecule has 0 spiro atoms. The Bertz CT molecular complexity index is 687. The van der Waals surface area contributed by atoms with Gasteiger partial charge >= 0.3 is 0 Å². The molecule has 2 aliphatic rings. The molecular weight excluding hydrogens is 411 g/mol. The van der Waals surface area contributed by atoms with E-state index in [4.69, 9.17) is 4.74 Å². The Balaban J connectivity index is 1.38. The van der Waals surface area contributed by atoms with Crippen LogP contribution in [0.4, 0.5) is 4.39 Å². The first-order valence-corrected chi connectivity index (χ1v) is 14.1. The minimum Gasteiger partial charge on any atom is -0.491 e. The maximum absolute atomic E-state index is 14.6. The number of halogens is 1. The Morgan fingerprint density at radius 1 is 0.879 bits per heavy atom. The van der Waals surface area contributed by atoms with E-state index in [-0.39, 0.29) is 11.6 Å². The molecule has 2 saturated carbocycles. The van der Waals surface area contributed by atoms with Crippen molar-refractivity contribution in [3.63, 3.8) is 0 Å². The molecule has 1 unspecified atom stereocenters. The Kier molecular flexibility index (Phi) is 11.0. The van der Waals surface area contributed by atoms with Gasteiger partial charge in [-0.3, -0.25) is 0 Å². The van der Waals surface area contributed by atoms with Crippen LogP contribution in [-0.4, -0.2) is 11.7 Å². The molecule has 0 aromatic heterocycles. The molecular formula is C30H49FO2. The van der Waals surface area contributed by atoms with Crippen LogP contribution in [0.5, 0.6) is 5.75 Å². The van der Waals surface area contributed by atoms with Crippen molar-refractivity contribution in [1.29, 1.82) is 0 Å². The van der Waals surface area contributed by atoms with Crippen LogP contribution in [0.15, 0.2) is 12.1 Å². The zero-order chi connectivity index (χ0) is 23.6. The van der Waals surface area contributed by atoms with Crippen molar-refractivity contribution < 1.29 is 14.2 Å². The molecule has 1 aromatic rings. The molecule has 3 rings (SSSR count). The van der Waals surface area contributed by atoms with Gasteiger partial charge in [-0.15, -0.1) is 0 Å². The van der Waals surface area contributed by atoms with Crippen molar-refractivity contribution in [2.75, 3.05) is 6.61 Å². The third-order valence-electron chi connectivity index (χ3n) is 8.77. The molecule has 0 amide bonds. The van der Waals surface area contributed by atoms with Gasteiger partial charge < -0.3 is 9.84 Å². The maximum atomic E-state index is 14.6. The number of aliphatic hydroxyl groups excluding tert-OH is 1. The fraction of sp³-hybridized carbons (Fsp3) is 0.800. The van der Waals surface area contributed by atoms with Gasteiger partial charge in [-0.25, -0.2) is 4.39 Å². The van der Waals surface area contributed by atoms with Crippen LogP contribution < -0.4 is 4.74 Å². The van der Waals surface area contributed by atoms with Crippen molar-refractivity contribution in [1.82, 2.24) is 0 Å². The summed E-state index contributed by atoms with van der Waals surface area (Å²) in [5, 5.41) is 10.9. The molecule has 2 fully saturated rings. The highest BCUT2D eigenvalue weighted by Crippen LogP contribution is 2.44. The van der Waals surface area contributed by atoms with Crippen molar-refractivity contribution in [2.24, 2.45) is 23.7 Å². The number of unbranched alkanes of at least 4 members (excludes halogenated alkanes) is 4. The lowest BCUT2D eigenvalue weighted by Crippen LogP contribution is -2.26. The summed E-state index contributed by atoms with van der Waals surface area (Å²) < 4.78 is 19.9. The first-order valence-electron chi connectivity index (χ1n) is 14.1. The van der Waals surface area contributed by atoms with Gasteiger partial charge in [-0.1, -0.05) is 77.2 Å². The highest BCUT2D eigenvalue weighted by molar-refractivity contribution is 5.38. The van der Waals surface area contributed by atoms with Crippen LogP contribution in [0, 0.1) is 36.4 Å². The molecule has 2 aliphatic carbocycles. The van der Waals surface area contributed by atoms with Crippen LogP contribution in [-0.2, 0) is 0 Å². The summed E-state index contributed by atoms with van der Waals surface area (Å²) >= 11 is 0. The Morgan fingerprint density at radius 3 is 2.09 bits per heavy atom. The zero-order valence-corrected chi connectivity index (χ0v) is 21.6. The third-order valence-corrected chi connectivity index (χ3v) is 8.77. The SMILES string of the molecule is CCCCCCCC1CCC(C2CCC(CC(O)c3ccc(OCC)c(F)c3C)CC2)CC1. The van der Waals surface area contributed by atoms with Gasteiger partial charge in [0.15, 0.2) is 11.6 Å². The number of aliphatic hydroxyl groups is 1. The number of benzene rings is 1. The Hall–Kier alpha value is -1.09. The lowest BCUT2D eigenvalue weighted by atomic mass is 9.68. The van der Waals surface area contributed by atoms with Crippen molar-refractivity contribution >= 4 is 0 Å². The normalized spacial score (nSPS) is 26.8. The molecule has 0 bridgehead atoms. The van der Waals surface area contributed by atoms with Crippen LogP contribution in [0.3, 0.4) is 0 Å². The van der Waals surface area contributed by atoms with Gasteiger partial charge in [-0.05, 0) is 86.8 Å².